The highest BCUT2D eigenvalue weighted by atomic mass is 35.5. The summed E-state index contributed by atoms with van der Waals surface area (Å²) in [5.41, 5.74) is 0.412. The minimum atomic E-state index is -0.898. The van der Waals surface area contributed by atoms with Crippen LogP contribution in [0.1, 0.15) is 27.2 Å². The fraction of sp³-hybridized carbons (Fsp3) is 0.550. The molecular weight excluding hydrogens is 372 g/mol. The summed E-state index contributed by atoms with van der Waals surface area (Å²) in [7, 11) is 0. The van der Waals surface area contributed by atoms with Crippen LogP contribution in [0.4, 0.5) is 14.6 Å². The minimum Gasteiger partial charge on any atom is -0.354 e. The number of benzene rings is 1. The third kappa shape index (κ3) is 3.50. The zero-order valence-corrected chi connectivity index (χ0v) is 16.5. The van der Waals surface area contributed by atoms with Crippen LogP contribution in [0.25, 0.3) is 10.9 Å². The zero-order valence-electron chi connectivity index (χ0n) is 15.8. The van der Waals surface area contributed by atoms with Crippen LogP contribution in [-0.4, -0.2) is 47.9 Å². The Morgan fingerprint density at radius 3 is 2.70 bits per heavy atom. The molecule has 0 amide bonds. The fourth-order valence-corrected chi connectivity index (χ4v) is 4.35. The molecule has 0 saturated carbocycles. The molecule has 3 atom stereocenters. The fourth-order valence-electron chi connectivity index (χ4n) is 4.07. The van der Waals surface area contributed by atoms with Crippen molar-refractivity contribution >= 4 is 28.3 Å². The van der Waals surface area contributed by atoms with Gasteiger partial charge in [0.15, 0.2) is 11.6 Å². The maximum absolute atomic E-state index is 13.6. The zero-order chi connectivity index (χ0) is 19.3. The number of ether oxygens (including phenoxy) is 1. The van der Waals surface area contributed by atoms with Crippen molar-refractivity contribution in [2.24, 2.45) is 5.92 Å². The Morgan fingerprint density at radius 2 is 2.04 bits per heavy atom. The summed E-state index contributed by atoms with van der Waals surface area (Å²) in [6.07, 6.45) is 1.49. The Labute approximate surface area is 163 Å². The molecule has 1 aromatic heterocycles. The van der Waals surface area contributed by atoms with Crippen LogP contribution in [0.15, 0.2) is 18.2 Å². The van der Waals surface area contributed by atoms with Crippen LogP contribution in [0, 0.1) is 17.6 Å². The lowest BCUT2D eigenvalue weighted by atomic mass is 10.1. The first-order valence-corrected chi connectivity index (χ1v) is 9.88. The summed E-state index contributed by atoms with van der Waals surface area (Å²) >= 11 is 6.42. The normalized spacial score (nSPS) is 25.2. The van der Waals surface area contributed by atoms with Crippen molar-refractivity contribution < 1.29 is 13.5 Å². The first-order chi connectivity index (χ1) is 12.9. The predicted octanol–water partition coefficient (Wildman–Crippen LogP) is 4.45. The topological polar surface area (TPSA) is 31.9 Å². The van der Waals surface area contributed by atoms with E-state index in [0.29, 0.717) is 39.8 Å². The van der Waals surface area contributed by atoms with Gasteiger partial charge in [-0.3, -0.25) is 4.90 Å². The second-order valence-electron chi connectivity index (χ2n) is 7.71. The van der Waals surface area contributed by atoms with E-state index in [2.05, 4.69) is 35.6 Å². The monoisotopic (exact) mass is 395 g/mol. The molecule has 0 bridgehead atoms. The van der Waals surface area contributed by atoms with Gasteiger partial charge in [-0.1, -0.05) is 32.4 Å². The average molecular weight is 396 g/mol. The molecule has 4 rings (SSSR count). The molecule has 0 aliphatic carbocycles. The standard InChI is InChI=1S/C20H24ClF2N3O/c1-4-26(20-18(27-20)11(2)3)13-5-6-25(10-13)19-14(21)7-12-8-15(22)16(23)9-17(12)24-19/h7-9,11,13,18,20H,4-6,10H2,1-3H3/t13-,18?,20?/m0/s1. The molecule has 0 spiro atoms. The van der Waals surface area contributed by atoms with Crippen LogP contribution in [-0.2, 0) is 4.74 Å². The van der Waals surface area contributed by atoms with Gasteiger partial charge in [0.2, 0.25) is 0 Å². The van der Waals surface area contributed by atoms with E-state index >= 15 is 0 Å². The first kappa shape index (κ1) is 18.8. The third-order valence-electron chi connectivity index (χ3n) is 5.57. The minimum absolute atomic E-state index is 0.192. The van der Waals surface area contributed by atoms with Gasteiger partial charge in [-0.05, 0) is 31.0 Å². The van der Waals surface area contributed by atoms with Crippen molar-refractivity contribution in [1.82, 2.24) is 9.88 Å². The summed E-state index contributed by atoms with van der Waals surface area (Å²) in [4.78, 5) is 9.06. The van der Waals surface area contributed by atoms with Crippen LogP contribution in [0.5, 0.6) is 0 Å². The van der Waals surface area contributed by atoms with Gasteiger partial charge in [0.1, 0.15) is 18.1 Å². The van der Waals surface area contributed by atoms with Crippen molar-refractivity contribution in [2.75, 3.05) is 24.5 Å². The Hall–Kier alpha value is -1.50. The number of pyridine rings is 1. The van der Waals surface area contributed by atoms with Gasteiger partial charge in [0, 0.05) is 30.6 Å². The number of likely N-dealkylation sites (N-methyl/N-ethyl adjacent to an activating group) is 1. The van der Waals surface area contributed by atoms with Gasteiger partial charge >= 0.3 is 0 Å². The summed E-state index contributed by atoms with van der Waals surface area (Å²) in [6, 6.07) is 4.28. The molecule has 4 nitrogen and oxygen atoms in total. The number of hydrogen-bond donors (Lipinski definition) is 0. The largest absolute Gasteiger partial charge is 0.354 e. The second-order valence-corrected chi connectivity index (χ2v) is 8.11. The Morgan fingerprint density at radius 1 is 1.30 bits per heavy atom. The SMILES string of the molecule is CCN(C1OC1C(C)C)[C@H]1CCN(c2nc3cc(F)c(F)cc3cc2Cl)C1. The van der Waals surface area contributed by atoms with E-state index in [1.165, 1.54) is 0 Å². The number of fused-ring (bicyclic) bond motifs is 1. The van der Waals surface area contributed by atoms with Gasteiger partial charge in [0.05, 0.1) is 10.5 Å². The number of rotatable bonds is 5. The van der Waals surface area contributed by atoms with Crippen LogP contribution in [0.3, 0.4) is 0 Å². The highest BCUT2D eigenvalue weighted by molar-refractivity contribution is 6.33. The summed E-state index contributed by atoms with van der Waals surface area (Å²) in [5.74, 6) is -0.651. The molecule has 2 aliphatic heterocycles. The van der Waals surface area contributed by atoms with E-state index in [1.54, 1.807) is 6.07 Å². The molecular formula is C20H24ClF2N3O. The molecule has 2 aromatic rings. The van der Waals surface area contributed by atoms with E-state index < -0.39 is 11.6 Å². The Kier molecular flexibility index (Phi) is 4.99. The molecule has 0 N–H and O–H groups in total. The second kappa shape index (κ2) is 7.15. The number of halogens is 3. The molecule has 3 heterocycles. The molecule has 1 aromatic carbocycles. The number of nitrogens with zero attached hydrogens (tertiary/aromatic N) is 3. The van der Waals surface area contributed by atoms with Gasteiger partial charge in [-0.2, -0.15) is 0 Å². The Bertz CT molecular complexity index is 863. The molecule has 146 valence electrons. The first-order valence-electron chi connectivity index (χ1n) is 9.50. The molecule has 2 unspecified atom stereocenters. The van der Waals surface area contributed by atoms with Gasteiger partial charge in [-0.25, -0.2) is 13.8 Å². The van der Waals surface area contributed by atoms with Gasteiger partial charge in [0.25, 0.3) is 0 Å². The summed E-state index contributed by atoms with van der Waals surface area (Å²) < 4.78 is 32.9. The van der Waals surface area contributed by atoms with Crippen LogP contribution in [0.2, 0.25) is 5.02 Å². The van der Waals surface area contributed by atoms with Crippen molar-refractivity contribution in [3.8, 4) is 0 Å². The Balaban J connectivity index is 1.55. The lowest BCUT2D eigenvalue weighted by molar-refractivity contribution is 0.138. The number of epoxide rings is 1. The van der Waals surface area contributed by atoms with E-state index in [-0.39, 0.29) is 6.23 Å². The van der Waals surface area contributed by atoms with Crippen molar-refractivity contribution in [3.63, 3.8) is 0 Å². The highest BCUT2D eigenvalue weighted by Gasteiger charge is 2.48. The van der Waals surface area contributed by atoms with Crippen LogP contribution < -0.4 is 4.90 Å². The highest BCUT2D eigenvalue weighted by Crippen LogP contribution is 2.37. The predicted molar refractivity (Wildman–Crippen MR) is 103 cm³/mol. The van der Waals surface area contributed by atoms with Gasteiger partial charge in [-0.15, -0.1) is 0 Å². The third-order valence-corrected chi connectivity index (χ3v) is 5.85. The van der Waals surface area contributed by atoms with Crippen molar-refractivity contribution in [3.05, 3.63) is 34.9 Å². The maximum Gasteiger partial charge on any atom is 0.161 e. The van der Waals surface area contributed by atoms with E-state index in [1.807, 2.05) is 0 Å². The average Bonchev–Trinajstić information content (AvgIpc) is 3.26. The number of anilines is 1. The molecule has 27 heavy (non-hydrogen) atoms. The lowest BCUT2D eigenvalue weighted by Gasteiger charge is -2.27. The van der Waals surface area contributed by atoms with E-state index in [9.17, 15) is 8.78 Å². The quantitative estimate of drug-likeness (QED) is 0.700. The van der Waals surface area contributed by atoms with Crippen LogP contribution >= 0.6 is 11.6 Å². The molecule has 2 fully saturated rings. The number of hydrogen-bond acceptors (Lipinski definition) is 4. The van der Waals surface area contributed by atoms with E-state index in [4.69, 9.17) is 16.3 Å². The van der Waals surface area contributed by atoms with Crippen molar-refractivity contribution in [1.29, 1.82) is 0 Å². The summed E-state index contributed by atoms with van der Waals surface area (Å²) in [6.45, 7) is 9.05. The lowest BCUT2D eigenvalue weighted by Crippen LogP contribution is -2.41. The molecule has 7 heteroatoms. The molecule has 2 saturated heterocycles. The van der Waals surface area contributed by atoms with E-state index in [0.717, 1.165) is 38.2 Å². The van der Waals surface area contributed by atoms with Crippen molar-refractivity contribution in [2.45, 2.75) is 45.6 Å². The summed E-state index contributed by atoms with van der Waals surface area (Å²) in [5, 5.41) is 0.958. The number of aromatic nitrogens is 1. The molecule has 2 aliphatic rings. The van der Waals surface area contributed by atoms with Gasteiger partial charge < -0.3 is 9.64 Å². The molecule has 0 radical (unpaired) electrons. The smallest absolute Gasteiger partial charge is 0.161 e. The maximum atomic E-state index is 13.6.